The summed E-state index contributed by atoms with van der Waals surface area (Å²) in [5, 5.41) is 14.0. The Morgan fingerprint density at radius 3 is 2.09 bits per heavy atom. The van der Waals surface area contributed by atoms with E-state index in [0.717, 1.165) is 13.1 Å². The fourth-order valence-corrected chi connectivity index (χ4v) is 3.33. The minimum atomic E-state index is -0.477. The maximum atomic E-state index is 13.2. The van der Waals surface area contributed by atoms with E-state index in [9.17, 15) is 14.9 Å². The monoisotopic (exact) mass is 457 g/mol. The second-order valence-electron chi connectivity index (χ2n) is 7.09. The molecule has 0 saturated heterocycles. The van der Waals surface area contributed by atoms with Crippen molar-refractivity contribution in [2.75, 3.05) is 47.5 Å². The first-order chi connectivity index (χ1) is 15.9. The zero-order valence-electron chi connectivity index (χ0n) is 19.7. The number of nitrogens with zero attached hydrogens (tertiary/aromatic N) is 2. The van der Waals surface area contributed by atoms with Gasteiger partial charge in [0, 0.05) is 42.4 Å². The maximum absolute atomic E-state index is 13.2. The van der Waals surface area contributed by atoms with Gasteiger partial charge in [-0.2, -0.15) is 0 Å². The number of hydrogen-bond donors (Lipinski definition) is 1. The van der Waals surface area contributed by atoms with Gasteiger partial charge in [-0.05, 0) is 42.9 Å². The van der Waals surface area contributed by atoms with Crippen LogP contribution in [0.25, 0.3) is 11.6 Å². The van der Waals surface area contributed by atoms with Gasteiger partial charge in [0.25, 0.3) is 11.6 Å². The maximum Gasteiger partial charge on any atom is 0.269 e. The number of carbonyl (C=O) groups excluding carboxylic acids is 1. The van der Waals surface area contributed by atoms with Gasteiger partial charge in [0.05, 0.1) is 26.3 Å². The van der Waals surface area contributed by atoms with Crippen molar-refractivity contribution in [3.63, 3.8) is 0 Å². The first-order valence-corrected chi connectivity index (χ1v) is 10.6. The first kappa shape index (κ1) is 25.7. The zero-order valence-corrected chi connectivity index (χ0v) is 19.7. The number of nitrogens with one attached hydrogen (secondary N) is 1. The third-order valence-electron chi connectivity index (χ3n) is 5.28. The van der Waals surface area contributed by atoms with Gasteiger partial charge >= 0.3 is 0 Å². The number of non-ortho nitro benzene ring substituents is 1. The van der Waals surface area contributed by atoms with E-state index in [0.29, 0.717) is 47.0 Å². The van der Waals surface area contributed by atoms with Gasteiger partial charge in [-0.25, -0.2) is 0 Å². The number of likely N-dealkylation sites (N-methyl/N-ethyl adjacent to an activating group) is 1. The van der Waals surface area contributed by atoms with Crippen molar-refractivity contribution in [2.45, 2.75) is 13.8 Å². The van der Waals surface area contributed by atoms with Crippen LogP contribution in [-0.2, 0) is 4.79 Å². The van der Waals surface area contributed by atoms with Gasteiger partial charge in [0.15, 0.2) is 11.5 Å². The molecule has 0 unspecified atom stereocenters. The Morgan fingerprint density at radius 2 is 1.58 bits per heavy atom. The van der Waals surface area contributed by atoms with Crippen LogP contribution in [0.4, 0.5) is 5.69 Å². The quantitative estimate of drug-likeness (QED) is 0.225. The highest BCUT2D eigenvalue weighted by atomic mass is 16.6. The van der Waals surface area contributed by atoms with Crippen LogP contribution >= 0.6 is 0 Å². The Bertz CT molecular complexity index is 984. The molecule has 1 N–H and O–H groups in total. The Balaban J connectivity index is 2.49. The first-order valence-electron chi connectivity index (χ1n) is 10.6. The normalized spacial score (nSPS) is 11.3. The summed E-state index contributed by atoms with van der Waals surface area (Å²) in [6.45, 7) is 7.09. The molecule has 2 aromatic carbocycles. The van der Waals surface area contributed by atoms with Gasteiger partial charge in [-0.15, -0.1) is 0 Å². The Hall–Kier alpha value is -3.59. The average Bonchev–Trinajstić information content (AvgIpc) is 2.84. The Kier molecular flexibility index (Phi) is 9.68. The average molecular weight is 458 g/mol. The van der Waals surface area contributed by atoms with Gasteiger partial charge in [0.1, 0.15) is 5.75 Å². The number of benzene rings is 2. The molecule has 0 aliphatic rings. The van der Waals surface area contributed by atoms with Gasteiger partial charge in [-0.1, -0.05) is 13.8 Å². The summed E-state index contributed by atoms with van der Waals surface area (Å²) in [6.07, 6.45) is 1.68. The van der Waals surface area contributed by atoms with Crippen molar-refractivity contribution >= 4 is 23.2 Å². The van der Waals surface area contributed by atoms with Crippen molar-refractivity contribution in [2.24, 2.45) is 0 Å². The predicted molar refractivity (Wildman–Crippen MR) is 128 cm³/mol. The second-order valence-corrected chi connectivity index (χ2v) is 7.09. The van der Waals surface area contributed by atoms with E-state index < -0.39 is 4.92 Å². The summed E-state index contributed by atoms with van der Waals surface area (Å²) in [7, 11) is 4.57. The van der Waals surface area contributed by atoms with Crippen molar-refractivity contribution in [3.05, 3.63) is 57.6 Å². The van der Waals surface area contributed by atoms with Crippen LogP contribution < -0.4 is 19.5 Å². The zero-order chi connectivity index (χ0) is 24.4. The summed E-state index contributed by atoms with van der Waals surface area (Å²) < 4.78 is 16.2. The molecule has 2 rings (SSSR count). The highest BCUT2D eigenvalue weighted by Crippen LogP contribution is 2.36. The molecule has 0 aliphatic heterocycles. The molecule has 2 aromatic rings. The lowest BCUT2D eigenvalue weighted by atomic mass is 10.0. The highest BCUT2D eigenvalue weighted by molar-refractivity contribution is 6.24. The smallest absolute Gasteiger partial charge is 0.269 e. The molecule has 1 amide bonds. The fraction of sp³-hybridized carbons (Fsp3) is 0.375. The van der Waals surface area contributed by atoms with Crippen LogP contribution in [0.15, 0.2) is 36.4 Å². The highest BCUT2D eigenvalue weighted by Gasteiger charge is 2.17. The van der Waals surface area contributed by atoms with Crippen LogP contribution in [0.5, 0.6) is 17.2 Å². The molecule has 0 spiro atoms. The van der Waals surface area contributed by atoms with Crippen LogP contribution in [0.3, 0.4) is 0 Å². The largest absolute Gasteiger partial charge is 0.496 e. The van der Waals surface area contributed by atoms with Crippen LogP contribution in [0.1, 0.15) is 25.0 Å². The van der Waals surface area contributed by atoms with E-state index in [1.54, 1.807) is 30.3 Å². The molecule has 178 valence electrons. The predicted octanol–water partition coefficient (Wildman–Crippen LogP) is 3.62. The molecular formula is C24H31N3O6. The summed E-state index contributed by atoms with van der Waals surface area (Å²) >= 11 is 0. The number of ether oxygens (including phenoxy) is 3. The molecule has 9 heteroatoms. The number of nitro groups is 1. The topological polar surface area (TPSA) is 103 Å². The molecule has 0 atom stereocenters. The third kappa shape index (κ3) is 6.69. The number of hydrogen-bond acceptors (Lipinski definition) is 7. The summed E-state index contributed by atoms with van der Waals surface area (Å²) in [5.74, 6) is 1.16. The number of amides is 1. The molecule has 0 fully saturated rings. The van der Waals surface area contributed by atoms with Crippen LogP contribution in [0, 0.1) is 10.1 Å². The molecule has 0 radical (unpaired) electrons. The van der Waals surface area contributed by atoms with E-state index in [1.807, 2.05) is 0 Å². The van der Waals surface area contributed by atoms with Crippen molar-refractivity contribution in [1.82, 2.24) is 10.2 Å². The molecule has 33 heavy (non-hydrogen) atoms. The number of methoxy groups -OCH3 is 3. The minimum absolute atomic E-state index is 0.0521. The van der Waals surface area contributed by atoms with Crippen LogP contribution in [0.2, 0.25) is 0 Å². The number of rotatable bonds is 12. The standard InChI is InChI=1S/C24H31N3O6/c1-6-26(7-2)13-12-25-24(28)20(17-8-10-19(11-9-17)27(29)30)14-18-15-22(32-4)23(33-5)16-21(18)31-3/h8-11,14-16H,6-7,12-13H2,1-5H3,(H,25,28)/b20-14+. The lowest BCUT2D eigenvalue weighted by Gasteiger charge is -2.18. The summed E-state index contributed by atoms with van der Waals surface area (Å²) in [4.78, 5) is 25.9. The Labute approximate surface area is 194 Å². The number of nitro benzene ring substituents is 1. The van der Waals surface area contributed by atoms with Crippen molar-refractivity contribution in [3.8, 4) is 17.2 Å². The lowest BCUT2D eigenvalue weighted by molar-refractivity contribution is -0.384. The molecular weight excluding hydrogens is 426 g/mol. The van der Waals surface area contributed by atoms with Gasteiger partial charge in [0.2, 0.25) is 0 Å². The number of carbonyl (C=O) groups is 1. The molecule has 0 saturated carbocycles. The molecule has 9 nitrogen and oxygen atoms in total. The molecule has 0 aromatic heterocycles. The lowest BCUT2D eigenvalue weighted by Crippen LogP contribution is -2.35. The van der Waals surface area contributed by atoms with Crippen LogP contribution in [-0.4, -0.2) is 63.2 Å². The summed E-state index contributed by atoms with van der Waals surface area (Å²) in [5.41, 5.74) is 1.43. The van der Waals surface area contributed by atoms with Gasteiger partial charge < -0.3 is 24.4 Å². The molecule has 0 aliphatic carbocycles. The SMILES string of the molecule is CCN(CC)CCNC(=O)/C(=C/c1cc(OC)c(OC)cc1OC)c1ccc([N+](=O)[O-])cc1. The van der Waals surface area contributed by atoms with Crippen molar-refractivity contribution < 1.29 is 23.9 Å². The fourth-order valence-electron chi connectivity index (χ4n) is 3.33. The van der Waals surface area contributed by atoms with Gasteiger partial charge in [-0.3, -0.25) is 14.9 Å². The van der Waals surface area contributed by atoms with E-state index in [-0.39, 0.29) is 11.6 Å². The minimum Gasteiger partial charge on any atom is -0.496 e. The van der Waals surface area contributed by atoms with E-state index in [1.165, 1.54) is 33.5 Å². The van der Waals surface area contributed by atoms with Crippen molar-refractivity contribution in [1.29, 1.82) is 0 Å². The van der Waals surface area contributed by atoms with E-state index in [4.69, 9.17) is 14.2 Å². The summed E-state index contributed by atoms with van der Waals surface area (Å²) in [6, 6.07) is 9.25. The second kappa shape index (κ2) is 12.4. The molecule has 0 bridgehead atoms. The van der Waals surface area contributed by atoms with E-state index in [2.05, 4.69) is 24.1 Å². The third-order valence-corrected chi connectivity index (χ3v) is 5.28. The Morgan fingerprint density at radius 1 is 1.00 bits per heavy atom. The molecule has 0 heterocycles. The van der Waals surface area contributed by atoms with E-state index >= 15 is 0 Å².